The van der Waals surface area contributed by atoms with Gasteiger partial charge in [0.1, 0.15) is 5.75 Å². The highest BCUT2D eigenvalue weighted by atomic mass is 16.5. The number of benzene rings is 1. The third-order valence-electron chi connectivity index (χ3n) is 2.89. The Hall–Kier alpha value is -2.04. The predicted octanol–water partition coefficient (Wildman–Crippen LogP) is 1.44. The first-order chi connectivity index (χ1) is 9.67. The van der Waals surface area contributed by atoms with E-state index in [1.165, 1.54) is 0 Å². The normalized spacial score (nSPS) is 9.90. The van der Waals surface area contributed by atoms with E-state index in [0.717, 1.165) is 5.75 Å². The number of hydrogen-bond donors (Lipinski definition) is 1. The predicted molar refractivity (Wildman–Crippen MR) is 77.5 cm³/mol. The molecule has 0 spiro atoms. The molecule has 1 aromatic rings. The van der Waals surface area contributed by atoms with Gasteiger partial charge in [-0.25, -0.2) is 0 Å². The number of carbonyl (C=O) groups excluding carboxylic acids is 2. The molecule has 0 saturated heterocycles. The molecule has 0 aliphatic rings. The van der Waals surface area contributed by atoms with Crippen LogP contribution in [0, 0.1) is 0 Å². The summed E-state index contributed by atoms with van der Waals surface area (Å²) in [5.41, 5.74) is 0. The lowest BCUT2D eigenvalue weighted by Crippen LogP contribution is -2.39. The number of para-hydroxylation sites is 1. The van der Waals surface area contributed by atoms with Crippen molar-refractivity contribution in [3.8, 4) is 5.75 Å². The average Bonchev–Trinajstić information content (AvgIpc) is 2.49. The van der Waals surface area contributed by atoms with E-state index in [4.69, 9.17) is 4.74 Å². The van der Waals surface area contributed by atoms with E-state index >= 15 is 0 Å². The van der Waals surface area contributed by atoms with Crippen molar-refractivity contribution in [1.82, 2.24) is 10.2 Å². The maximum Gasteiger partial charge on any atom is 0.239 e. The van der Waals surface area contributed by atoms with Crippen LogP contribution in [-0.2, 0) is 9.59 Å². The number of nitrogens with one attached hydrogen (secondary N) is 1. The Morgan fingerprint density at radius 3 is 2.55 bits per heavy atom. The summed E-state index contributed by atoms with van der Waals surface area (Å²) in [5, 5.41) is 2.52. The molecular weight excluding hydrogens is 256 g/mol. The minimum atomic E-state index is -0.152. The van der Waals surface area contributed by atoms with Gasteiger partial charge in [-0.2, -0.15) is 0 Å². The van der Waals surface area contributed by atoms with E-state index in [1.54, 1.807) is 11.9 Å². The summed E-state index contributed by atoms with van der Waals surface area (Å²) in [5.74, 6) is 0.631. The molecule has 110 valence electrons. The summed E-state index contributed by atoms with van der Waals surface area (Å²) in [6, 6.07) is 9.50. The molecule has 5 heteroatoms. The van der Waals surface area contributed by atoms with E-state index in [1.807, 2.05) is 37.3 Å². The molecule has 0 aromatic heterocycles. The molecule has 2 amide bonds. The molecule has 0 atom stereocenters. The fourth-order valence-corrected chi connectivity index (χ4v) is 1.72. The average molecular weight is 278 g/mol. The van der Waals surface area contributed by atoms with Crippen molar-refractivity contribution < 1.29 is 14.3 Å². The molecule has 1 aromatic carbocycles. The highest BCUT2D eigenvalue weighted by Gasteiger charge is 2.14. The molecule has 0 aliphatic heterocycles. The Morgan fingerprint density at radius 2 is 1.95 bits per heavy atom. The molecule has 0 unspecified atom stereocenters. The third kappa shape index (κ3) is 5.73. The van der Waals surface area contributed by atoms with E-state index < -0.39 is 0 Å². The van der Waals surface area contributed by atoms with Crippen molar-refractivity contribution in [2.45, 2.75) is 19.8 Å². The van der Waals surface area contributed by atoms with Crippen molar-refractivity contribution in [3.63, 3.8) is 0 Å². The molecule has 0 heterocycles. The Labute approximate surface area is 119 Å². The van der Waals surface area contributed by atoms with Crippen molar-refractivity contribution >= 4 is 11.8 Å². The topological polar surface area (TPSA) is 58.6 Å². The summed E-state index contributed by atoms with van der Waals surface area (Å²) in [6.45, 7) is 3.01. The van der Waals surface area contributed by atoms with Gasteiger partial charge in [0.05, 0.1) is 13.2 Å². The third-order valence-corrected chi connectivity index (χ3v) is 2.89. The van der Waals surface area contributed by atoms with E-state index in [-0.39, 0.29) is 18.4 Å². The standard InChI is InChI=1S/C15H22N2O3/c1-3-17(12-14(18)16-2)15(19)10-7-11-20-13-8-5-4-6-9-13/h4-6,8-9H,3,7,10-12H2,1-2H3,(H,16,18). The minimum absolute atomic E-state index is 0.0206. The molecule has 0 saturated carbocycles. The van der Waals surface area contributed by atoms with Crippen molar-refractivity contribution in [3.05, 3.63) is 30.3 Å². The number of nitrogens with zero attached hydrogens (tertiary/aromatic N) is 1. The van der Waals surface area contributed by atoms with Gasteiger partial charge in [-0.05, 0) is 25.5 Å². The van der Waals surface area contributed by atoms with E-state index in [9.17, 15) is 9.59 Å². The quantitative estimate of drug-likeness (QED) is 0.732. The van der Waals surface area contributed by atoms with Crippen LogP contribution in [0.15, 0.2) is 30.3 Å². The van der Waals surface area contributed by atoms with Gasteiger partial charge in [-0.1, -0.05) is 18.2 Å². The second-order valence-corrected chi connectivity index (χ2v) is 4.35. The van der Waals surface area contributed by atoms with Gasteiger partial charge < -0.3 is 15.0 Å². The van der Waals surface area contributed by atoms with Gasteiger partial charge >= 0.3 is 0 Å². The van der Waals surface area contributed by atoms with Crippen LogP contribution in [-0.4, -0.2) is 43.5 Å². The Bertz CT molecular complexity index is 420. The van der Waals surface area contributed by atoms with Gasteiger partial charge in [0.15, 0.2) is 0 Å². The van der Waals surface area contributed by atoms with Crippen LogP contribution in [0.2, 0.25) is 0 Å². The fraction of sp³-hybridized carbons (Fsp3) is 0.467. The SMILES string of the molecule is CCN(CC(=O)NC)C(=O)CCCOc1ccccc1. The number of rotatable bonds is 8. The number of amides is 2. The summed E-state index contributed by atoms with van der Waals surface area (Å²) < 4.78 is 5.52. The first-order valence-electron chi connectivity index (χ1n) is 6.83. The number of carbonyl (C=O) groups is 2. The molecular formula is C15H22N2O3. The second kappa shape index (κ2) is 8.96. The number of hydrogen-bond acceptors (Lipinski definition) is 3. The van der Waals surface area contributed by atoms with E-state index in [0.29, 0.717) is 26.0 Å². The summed E-state index contributed by atoms with van der Waals surface area (Å²) in [6.07, 6.45) is 1.02. The first kappa shape index (κ1) is 16.0. The Balaban J connectivity index is 2.26. The maximum absolute atomic E-state index is 11.9. The minimum Gasteiger partial charge on any atom is -0.494 e. The summed E-state index contributed by atoms with van der Waals surface area (Å²) in [7, 11) is 1.56. The van der Waals surface area contributed by atoms with Gasteiger partial charge in [0.2, 0.25) is 11.8 Å². The highest BCUT2D eigenvalue weighted by Crippen LogP contribution is 2.09. The molecule has 0 bridgehead atoms. The zero-order valence-electron chi connectivity index (χ0n) is 12.1. The van der Waals surface area contributed by atoms with Gasteiger partial charge in [0.25, 0.3) is 0 Å². The second-order valence-electron chi connectivity index (χ2n) is 4.35. The molecule has 5 nitrogen and oxygen atoms in total. The van der Waals surface area contributed by atoms with Crippen LogP contribution in [0.1, 0.15) is 19.8 Å². The first-order valence-corrected chi connectivity index (χ1v) is 6.83. The lowest BCUT2D eigenvalue weighted by atomic mass is 10.2. The smallest absolute Gasteiger partial charge is 0.239 e. The maximum atomic E-state index is 11.9. The monoisotopic (exact) mass is 278 g/mol. The van der Waals surface area contributed by atoms with Crippen LogP contribution >= 0.6 is 0 Å². The van der Waals surface area contributed by atoms with Crippen molar-refractivity contribution in [2.75, 3.05) is 26.7 Å². The molecule has 20 heavy (non-hydrogen) atoms. The zero-order chi connectivity index (χ0) is 14.8. The van der Waals surface area contributed by atoms with Crippen LogP contribution in [0.5, 0.6) is 5.75 Å². The number of likely N-dealkylation sites (N-methyl/N-ethyl adjacent to an activating group) is 2. The molecule has 0 aliphatic carbocycles. The highest BCUT2D eigenvalue weighted by molar-refractivity contribution is 5.84. The lowest BCUT2D eigenvalue weighted by molar-refractivity contribution is -0.135. The van der Waals surface area contributed by atoms with Crippen LogP contribution in [0.4, 0.5) is 0 Å². The summed E-state index contributed by atoms with van der Waals surface area (Å²) in [4.78, 5) is 24.7. The zero-order valence-corrected chi connectivity index (χ0v) is 12.1. The van der Waals surface area contributed by atoms with Crippen LogP contribution in [0.25, 0.3) is 0 Å². The Morgan fingerprint density at radius 1 is 1.25 bits per heavy atom. The molecule has 1 N–H and O–H groups in total. The fourth-order valence-electron chi connectivity index (χ4n) is 1.72. The molecule has 0 radical (unpaired) electrons. The van der Waals surface area contributed by atoms with E-state index in [2.05, 4.69) is 5.32 Å². The van der Waals surface area contributed by atoms with Crippen molar-refractivity contribution in [1.29, 1.82) is 0 Å². The summed E-state index contributed by atoms with van der Waals surface area (Å²) >= 11 is 0. The van der Waals surface area contributed by atoms with Gasteiger partial charge in [-0.3, -0.25) is 9.59 Å². The lowest BCUT2D eigenvalue weighted by Gasteiger charge is -2.19. The molecule has 0 fully saturated rings. The Kier molecular flexibility index (Phi) is 7.17. The van der Waals surface area contributed by atoms with Crippen LogP contribution in [0.3, 0.4) is 0 Å². The van der Waals surface area contributed by atoms with Crippen LogP contribution < -0.4 is 10.1 Å². The molecule has 1 rings (SSSR count). The largest absolute Gasteiger partial charge is 0.494 e. The van der Waals surface area contributed by atoms with Crippen molar-refractivity contribution in [2.24, 2.45) is 0 Å². The van der Waals surface area contributed by atoms with Gasteiger partial charge in [0, 0.05) is 20.0 Å². The van der Waals surface area contributed by atoms with Gasteiger partial charge in [-0.15, -0.1) is 0 Å². The number of ether oxygens (including phenoxy) is 1.